The smallest absolute Gasteiger partial charge is 0.336 e. The topological polar surface area (TPSA) is 46.5 Å². The monoisotopic (exact) mass is 248 g/mol. The van der Waals surface area contributed by atoms with Gasteiger partial charge in [-0.25, -0.2) is 4.79 Å². The second kappa shape index (κ2) is 5.71. The van der Waals surface area contributed by atoms with Crippen molar-refractivity contribution < 1.29 is 14.6 Å². The van der Waals surface area contributed by atoms with Crippen LogP contribution in [-0.2, 0) is 4.79 Å². The van der Waals surface area contributed by atoms with Crippen LogP contribution in [0.1, 0.15) is 38.8 Å². The quantitative estimate of drug-likeness (QED) is 0.827. The Hall–Kier alpha value is -1.77. The van der Waals surface area contributed by atoms with E-state index in [9.17, 15) is 9.90 Å². The molecule has 0 heterocycles. The van der Waals surface area contributed by atoms with Gasteiger partial charge in [0.05, 0.1) is 11.7 Å². The van der Waals surface area contributed by atoms with Gasteiger partial charge in [0, 0.05) is 0 Å². The molecular weight excluding hydrogens is 228 g/mol. The summed E-state index contributed by atoms with van der Waals surface area (Å²) in [6, 6.07) is 5.48. The highest BCUT2D eigenvalue weighted by molar-refractivity contribution is 6.16. The lowest BCUT2D eigenvalue weighted by atomic mass is 9.99. The molecule has 0 aromatic heterocycles. The first-order chi connectivity index (χ1) is 8.32. The molecule has 0 spiro atoms. The van der Waals surface area contributed by atoms with Gasteiger partial charge in [-0.15, -0.1) is 0 Å². The van der Waals surface area contributed by atoms with Crippen molar-refractivity contribution in [3.63, 3.8) is 0 Å². The highest BCUT2D eigenvalue weighted by Gasteiger charge is 2.13. The Labute approximate surface area is 108 Å². The molecule has 3 heteroatoms. The first kappa shape index (κ1) is 14.3. The molecular formula is C15H20O3. The van der Waals surface area contributed by atoms with Crippen LogP contribution in [0.2, 0.25) is 0 Å². The first-order valence-electron chi connectivity index (χ1n) is 6.01. The van der Waals surface area contributed by atoms with E-state index in [2.05, 4.69) is 0 Å². The second-order valence-corrected chi connectivity index (χ2v) is 4.83. The molecule has 0 fully saturated rings. The molecule has 1 aromatic carbocycles. The zero-order valence-electron chi connectivity index (χ0n) is 11.6. The van der Waals surface area contributed by atoms with Crippen molar-refractivity contribution in [2.45, 2.75) is 40.7 Å². The highest BCUT2D eigenvalue weighted by atomic mass is 16.5. The number of hydrogen-bond acceptors (Lipinski definition) is 2. The number of carboxylic acid groups (broad SMARTS) is 1. The van der Waals surface area contributed by atoms with Crippen molar-refractivity contribution in [2.75, 3.05) is 0 Å². The van der Waals surface area contributed by atoms with Crippen molar-refractivity contribution in [3.8, 4) is 5.75 Å². The van der Waals surface area contributed by atoms with E-state index in [0.29, 0.717) is 5.57 Å². The summed E-state index contributed by atoms with van der Waals surface area (Å²) in [5.74, 6) is -0.0980. The van der Waals surface area contributed by atoms with E-state index in [1.807, 2.05) is 32.9 Å². The maximum absolute atomic E-state index is 11.2. The van der Waals surface area contributed by atoms with Gasteiger partial charge < -0.3 is 9.84 Å². The van der Waals surface area contributed by atoms with Crippen molar-refractivity contribution in [1.82, 2.24) is 0 Å². The molecule has 0 bridgehead atoms. The molecule has 0 aliphatic heterocycles. The number of benzene rings is 1. The minimum absolute atomic E-state index is 0.108. The summed E-state index contributed by atoms with van der Waals surface area (Å²) in [4.78, 5) is 11.2. The Balaban J connectivity index is 3.19. The maximum atomic E-state index is 11.2. The van der Waals surface area contributed by atoms with Crippen LogP contribution in [0.4, 0.5) is 0 Å². The molecule has 18 heavy (non-hydrogen) atoms. The molecule has 3 nitrogen and oxygen atoms in total. The number of carbonyl (C=O) groups is 1. The molecule has 0 saturated heterocycles. The fourth-order valence-electron chi connectivity index (χ4n) is 1.82. The van der Waals surface area contributed by atoms with Gasteiger partial charge in [-0.3, -0.25) is 0 Å². The third-order valence-corrected chi connectivity index (χ3v) is 2.54. The summed E-state index contributed by atoms with van der Waals surface area (Å²) in [5, 5.41) is 9.21. The Morgan fingerprint density at radius 2 is 1.89 bits per heavy atom. The Morgan fingerprint density at radius 1 is 1.28 bits per heavy atom. The van der Waals surface area contributed by atoms with Gasteiger partial charge in [0.1, 0.15) is 5.75 Å². The third-order valence-electron chi connectivity index (χ3n) is 2.54. The minimum Gasteiger partial charge on any atom is -0.491 e. The first-order valence-corrected chi connectivity index (χ1v) is 6.01. The number of aliphatic carboxylic acids is 1. The Kier molecular flexibility index (Phi) is 4.54. The summed E-state index contributed by atoms with van der Waals surface area (Å²) < 4.78 is 5.64. The average Bonchev–Trinajstić information content (AvgIpc) is 2.20. The predicted octanol–water partition coefficient (Wildman–Crippen LogP) is 3.66. The molecule has 0 radical (unpaired) electrons. The van der Waals surface area contributed by atoms with Crippen LogP contribution < -0.4 is 4.74 Å². The number of allylic oxidation sites excluding steroid dienone is 1. The maximum Gasteiger partial charge on any atom is 0.336 e. The van der Waals surface area contributed by atoms with Crippen LogP contribution >= 0.6 is 0 Å². The molecule has 1 N–H and O–H groups in total. The van der Waals surface area contributed by atoms with Crippen LogP contribution in [0, 0.1) is 6.92 Å². The van der Waals surface area contributed by atoms with E-state index in [0.717, 1.165) is 22.4 Å². The lowest BCUT2D eigenvalue weighted by Gasteiger charge is -2.14. The van der Waals surface area contributed by atoms with Crippen LogP contribution in [-0.4, -0.2) is 17.2 Å². The zero-order chi connectivity index (χ0) is 13.9. The van der Waals surface area contributed by atoms with Gasteiger partial charge in [-0.05, 0) is 57.9 Å². The van der Waals surface area contributed by atoms with E-state index in [1.54, 1.807) is 19.9 Å². The van der Waals surface area contributed by atoms with E-state index >= 15 is 0 Å². The zero-order valence-corrected chi connectivity index (χ0v) is 11.6. The van der Waals surface area contributed by atoms with Gasteiger partial charge in [-0.2, -0.15) is 0 Å². The van der Waals surface area contributed by atoms with Crippen molar-refractivity contribution in [3.05, 3.63) is 34.9 Å². The number of ether oxygens (including phenoxy) is 1. The lowest BCUT2D eigenvalue weighted by Crippen LogP contribution is -2.07. The van der Waals surface area contributed by atoms with E-state index in [4.69, 9.17) is 4.74 Å². The SMILES string of the molecule is CC(C)=C(C(=O)O)c1ccc(OC(C)C)c(C)c1. The van der Waals surface area contributed by atoms with Gasteiger partial charge in [-0.1, -0.05) is 11.6 Å². The van der Waals surface area contributed by atoms with E-state index in [-0.39, 0.29) is 6.10 Å². The van der Waals surface area contributed by atoms with Gasteiger partial charge in [0.2, 0.25) is 0 Å². The summed E-state index contributed by atoms with van der Waals surface area (Å²) in [6.45, 7) is 9.46. The minimum atomic E-state index is -0.896. The summed E-state index contributed by atoms with van der Waals surface area (Å²) >= 11 is 0. The van der Waals surface area contributed by atoms with Crippen LogP contribution in [0.15, 0.2) is 23.8 Å². The third kappa shape index (κ3) is 3.36. The number of hydrogen-bond donors (Lipinski definition) is 1. The molecule has 0 atom stereocenters. The summed E-state index contributed by atoms with van der Waals surface area (Å²) in [7, 11) is 0. The van der Waals surface area contributed by atoms with Crippen LogP contribution in [0.3, 0.4) is 0 Å². The standard InChI is InChI=1S/C15H20O3/c1-9(2)14(15(16)17)12-6-7-13(11(5)8-12)18-10(3)4/h6-8,10H,1-5H3,(H,16,17). The molecule has 0 aliphatic carbocycles. The number of aryl methyl sites for hydroxylation is 1. The molecule has 0 aliphatic rings. The number of rotatable bonds is 4. The highest BCUT2D eigenvalue weighted by Crippen LogP contribution is 2.26. The molecule has 1 aromatic rings. The van der Waals surface area contributed by atoms with Crippen LogP contribution in [0.5, 0.6) is 5.75 Å². The molecule has 0 saturated carbocycles. The van der Waals surface area contributed by atoms with E-state index < -0.39 is 5.97 Å². The van der Waals surface area contributed by atoms with E-state index in [1.165, 1.54) is 0 Å². The van der Waals surface area contributed by atoms with Crippen LogP contribution in [0.25, 0.3) is 5.57 Å². The molecule has 0 unspecified atom stereocenters. The Morgan fingerprint density at radius 3 is 2.28 bits per heavy atom. The molecule has 98 valence electrons. The van der Waals surface area contributed by atoms with Crippen molar-refractivity contribution in [1.29, 1.82) is 0 Å². The summed E-state index contributed by atoms with van der Waals surface area (Å²) in [6.07, 6.45) is 0.108. The molecule has 0 amide bonds. The van der Waals surface area contributed by atoms with Crippen molar-refractivity contribution in [2.24, 2.45) is 0 Å². The molecule has 1 rings (SSSR count). The van der Waals surface area contributed by atoms with Gasteiger partial charge in [0.15, 0.2) is 0 Å². The average molecular weight is 248 g/mol. The predicted molar refractivity (Wildman–Crippen MR) is 72.8 cm³/mol. The number of carboxylic acids is 1. The van der Waals surface area contributed by atoms with Crippen molar-refractivity contribution >= 4 is 11.5 Å². The normalized spacial score (nSPS) is 10.3. The summed E-state index contributed by atoms with van der Waals surface area (Å²) in [5.41, 5.74) is 2.81. The largest absolute Gasteiger partial charge is 0.491 e. The lowest BCUT2D eigenvalue weighted by molar-refractivity contribution is -0.130. The second-order valence-electron chi connectivity index (χ2n) is 4.83. The fourth-order valence-corrected chi connectivity index (χ4v) is 1.82. The van der Waals surface area contributed by atoms with Gasteiger partial charge in [0.25, 0.3) is 0 Å². The fraction of sp³-hybridized carbons (Fsp3) is 0.400. The van der Waals surface area contributed by atoms with Gasteiger partial charge >= 0.3 is 5.97 Å². The Bertz CT molecular complexity index is 481.